The topological polar surface area (TPSA) is 12.9 Å². The Morgan fingerprint density at radius 2 is 2.08 bits per heavy atom. The summed E-state index contributed by atoms with van der Waals surface area (Å²) in [5.41, 5.74) is -0.133. The first-order chi connectivity index (χ1) is 5.54. The maximum absolute atomic E-state index is 12.7. The van der Waals surface area contributed by atoms with Crippen LogP contribution in [0.3, 0.4) is 0 Å². The molecule has 1 rings (SSSR count). The van der Waals surface area contributed by atoms with Gasteiger partial charge in [0.1, 0.15) is 0 Å². The number of rotatable bonds is 1. The van der Waals surface area contributed by atoms with Crippen molar-refractivity contribution < 1.29 is 13.2 Å². The predicted octanol–water partition coefficient (Wildman–Crippen LogP) is 3.07. The van der Waals surface area contributed by atoms with Crippen LogP contribution >= 0.6 is 22.6 Å². The van der Waals surface area contributed by atoms with Gasteiger partial charge < -0.3 is 0 Å². The molecule has 0 bridgehead atoms. The van der Waals surface area contributed by atoms with Crippen molar-refractivity contribution in [3.8, 4) is 0 Å². The highest BCUT2D eigenvalue weighted by Crippen LogP contribution is 2.27. The first kappa shape index (κ1) is 9.76. The van der Waals surface area contributed by atoms with Gasteiger partial charge in [0.2, 0.25) is 0 Å². The zero-order valence-electron chi connectivity index (χ0n) is 6.11. The standard InChI is InChI=1S/C7H5F3IN/c1-3-5(7(9)10)6(11)4(8)2-12-3/h2,7H,1H3. The minimum atomic E-state index is -2.67. The van der Waals surface area contributed by atoms with E-state index >= 15 is 0 Å². The molecule has 0 aliphatic rings. The van der Waals surface area contributed by atoms with Crippen molar-refractivity contribution in [3.05, 3.63) is 26.8 Å². The van der Waals surface area contributed by atoms with Crippen LogP contribution in [0.15, 0.2) is 6.20 Å². The molecule has 0 amide bonds. The largest absolute Gasteiger partial charge is 0.266 e. The Hall–Kier alpha value is -0.330. The average Bonchev–Trinajstić information content (AvgIpc) is 1.97. The van der Waals surface area contributed by atoms with E-state index in [0.29, 0.717) is 0 Å². The van der Waals surface area contributed by atoms with Crippen LogP contribution in [0.25, 0.3) is 0 Å². The van der Waals surface area contributed by atoms with Gasteiger partial charge in [0.15, 0.2) is 5.82 Å². The summed E-state index contributed by atoms with van der Waals surface area (Å²) in [6.07, 6.45) is -1.72. The third kappa shape index (κ3) is 1.70. The van der Waals surface area contributed by atoms with Crippen LogP contribution in [-0.2, 0) is 0 Å². The molecule has 0 atom stereocenters. The molecule has 1 nitrogen and oxygen atoms in total. The zero-order valence-corrected chi connectivity index (χ0v) is 8.27. The van der Waals surface area contributed by atoms with Crippen molar-refractivity contribution in [1.82, 2.24) is 4.98 Å². The second-order valence-corrected chi connectivity index (χ2v) is 3.30. The monoisotopic (exact) mass is 287 g/mol. The second-order valence-electron chi connectivity index (χ2n) is 2.22. The molecule has 0 aromatic carbocycles. The van der Waals surface area contributed by atoms with Crippen molar-refractivity contribution in [2.75, 3.05) is 0 Å². The minimum absolute atomic E-state index is 0.0462. The molecule has 0 aliphatic heterocycles. The number of pyridine rings is 1. The van der Waals surface area contributed by atoms with Crippen LogP contribution in [0.1, 0.15) is 17.7 Å². The summed E-state index contributed by atoms with van der Waals surface area (Å²) in [4.78, 5) is 3.50. The Morgan fingerprint density at radius 3 is 2.50 bits per heavy atom. The van der Waals surface area contributed by atoms with Gasteiger partial charge in [0.05, 0.1) is 15.3 Å². The third-order valence-electron chi connectivity index (χ3n) is 1.43. The van der Waals surface area contributed by atoms with E-state index in [1.165, 1.54) is 6.92 Å². The van der Waals surface area contributed by atoms with Crippen LogP contribution in [-0.4, -0.2) is 4.98 Å². The van der Waals surface area contributed by atoms with Crippen LogP contribution in [0, 0.1) is 16.3 Å². The maximum Gasteiger partial charge on any atom is 0.266 e. The molecule has 5 heteroatoms. The Morgan fingerprint density at radius 1 is 1.50 bits per heavy atom. The molecule has 0 unspecified atom stereocenters. The lowest BCUT2D eigenvalue weighted by atomic mass is 10.2. The predicted molar refractivity (Wildman–Crippen MR) is 46.6 cm³/mol. The molecule has 66 valence electrons. The highest BCUT2D eigenvalue weighted by Gasteiger charge is 2.18. The van der Waals surface area contributed by atoms with Gasteiger partial charge in [-0.1, -0.05) is 0 Å². The summed E-state index contributed by atoms with van der Waals surface area (Å²) in [5.74, 6) is -0.698. The number of hydrogen-bond acceptors (Lipinski definition) is 1. The first-order valence-corrected chi connectivity index (χ1v) is 4.20. The Labute approximate surface area is 81.1 Å². The van der Waals surface area contributed by atoms with Crippen molar-refractivity contribution in [2.24, 2.45) is 0 Å². The molecule has 0 fully saturated rings. The van der Waals surface area contributed by atoms with Crippen LogP contribution in [0.4, 0.5) is 13.2 Å². The van der Waals surface area contributed by atoms with Crippen molar-refractivity contribution >= 4 is 22.6 Å². The quantitative estimate of drug-likeness (QED) is 0.723. The molecule has 1 aromatic heterocycles. The van der Waals surface area contributed by atoms with Crippen molar-refractivity contribution in [2.45, 2.75) is 13.3 Å². The Bertz CT molecular complexity index is 301. The molecule has 0 radical (unpaired) electrons. The third-order valence-corrected chi connectivity index (χ3v) is 2.52. The van der Waals surface area contributed by atoms with Crippen molar-refractivity contribution in [3.63, 3.8) is 0 Å². The summed E-state index contributed by atoms with van der Waals surface area (Å²) in [6.45, 7) is 1.43. The van der Waals surface area contributed by atoms with E-state index in [2.05, 4.69) is 4.98 Å². The molecule has 1 aromatic rings. The maximum atomic E-state index is 12.7. The number of aromatic nitrogens is 1. The fraction of sp³-hybridized carbons (Fsp3) is 0.286. The van der Waals surface area contributed by atoms with Gasteiger partial charge in [-0.05, 0) is 29.5 Å². The fourth-order valence-electron chi connectivity index (χ4n) is 0.821. The first-order valence-electron chi connectivity index (χ1n) is 3.12. The normalized spacial score (nSPS) is 10.8. The van der Waals surface area contributed by atoms with Crippen LogP contribution in [0.2, 0.25) is 0 Å². The molecular weight excluding hydrogens is 282 g/mol. The molecule has 0 saturated heterocycles. The summed E-state index contributed by atoms with van der Waals surface area (Å²) in [7, 11) is 0. The fourth-order valence-corrected chi connectivity index (χ4v) is 1.59. The molecule has 12 heavy (non-hydrogen) atoms. The lowest BCUT2D eigenvalue weighted by Crippen LogP contribution is -1.99. The number of aryl methyl sites for hydroxylation is 1. The van der Waals surface area contributed by atoms with Crippen LogP contribution in [0.5, 0.6) is 0 Å². The Balaban J connectivity index is 3.33. The van der Waals surface area contributed by atoms with E-state index in [-0.39, 0.29) is 14.8 Å². The molecule has 0 aliphatic carbocycles. The summed E-state index contributed by atoms with van der Waals surface area (Å²) in [6, 6.07) is 0. The molecular formula is C7H5F3IN. The number of halogens is 4. The summed E-state index contributed by atoms with van der Waals surface area (Å²) < 4.78 is 37.2. The van der Waals surface area contributed by atoms with Gasteiger partial charge in [-0.25, -0.2) is 13.2 Å². The molecule has 0 spiro atoms. The van der Waals surface area contributed by atoms with E-state index in [9.17, 15) is 13.2 Å². The SMILES string of the molecule is Cc1ncc(F)c(I)c1C(F)F. The molecule has 0 saturated carbocycles. The molecule has 0 N–H and O–H groups in total. The van der Waals surface area contributed by atoms with Gasteiger partial charge in [0, 0.05) is 5.69 Å². The number of alkyl halides is 2. The van der Waals surface area contributed by atoms with E-state index in [1.807, 2.05) is 0 Å². The van der Waals surface area contributed by atoms with E-state index in [0.717, 1.165) is 6.20 Å². The summed E-state index contributed by atoms with van der Waals surface area (Å²) >= 11 is 1.55. The molecule has 1 heterocycles. The lowest BCUT2D eigenvalue weighted by Gasteiger charge is -2.06. The number of hydrogen-bond donors (Lipinski definition) is 0. The van der Waals surface area contributed by atoms with Gasteiger partial charge in [0.25, 0.3) is 6.43 Å². The highest BCUT2D eigenvalue weighted by molar-refractivity contribution is 14.1. The summed E-state index contributed by atoms with van der Waals surface area (Å²) in [5, 5.41) is 0. The minimum Gasteiger partial charge on any atom is -0.258 e. The van der Waals surface area contributed by atoms with Gasteiger partial charge >= 0.3 is 0 Å². The smallest absolute Gasteiger partial charge is 0.258 e. The van der Waals surface area contributed by atoms with E-state index < -0.39 is 12.2 Å². The van der Waals surface area contributed by atoms with Gasteiger partial charge in [-0.15, -0.1) is 0 Å². The van der Waals surface area contributed by atoms with E-state index in [1.54, 1.807) is 22.6 Å². The second kappa shape index (κ2) is 3.59. The average molecular weight is 287 g/mol. The zero-order chi connectivity index (χ0) is 9.30. The highest BCUT2D eigenvalue weighted by atomic mass is 127. The van der Waals surface area contributed by atoms with E-state index in [4.69, 9.17) is 0 Å². The van der Waals surface area contributed by atoms with Crippen molar-refractivity contribution in [1.29, 1.82) is 0 Å². The number of nitrogens with zero attached hydrogens (tertiary/aromatic N) is 1. The van der Waals surface area contributed by atoms with Crippen LogP contribution < -0.4 is 0 Å². The van der Waals surface area contributed by atoms with Gasteiger partial charge in [-0.2, -0.15) is 0 Å². The lowest BCUT2D eigenvalue weighted by molar-refractivity contribution is 0.148. The Kier molecular flexibility index (Phi) is 2.92. The van der Waals surface area contributed by atoms with Gasteiger partial charge in [-0.3, -0.25) is 4.98 Å².